The zero-order valence-electron chi connectivity index (χ0n) is 7.77. The van der Waals surface area contributed by atoms with Crippen LogP contribution >= 0.6 is 0 Å². The fourth-order valence-corrected chi connectivity index (χ4v) is 1.59. The molecule has 0 spiro atoms. The van der Waals surface area contributed by atoms with Gasteiger partial charge in [0, 0.05) is 12.1 Å². The largest absolute Gasteiger partial charge is 0.289 e. The molecule has 13 heavy (non-hydrogen) atoms. The third-order valence-corrected chi connectivity index (χ3v) is 2.47. The zero-order chi connectivity index (χ0) is 9.10. The highest BCUT2D eigenvalue weighted by Gasteiger charge is 2.10. The van der Waals surface area contributed by atoms with Crippen LogP contribution in [0.25, 0.3) is 0 Å². The summed E-state index contributed by atoms with van der Waals surface area (Å²) in [4.78, 5) is 4.19. The van der Waals surface area contributed by atoms with Crippen LogP contribution in [0.3, 0.4) is 0 Å². The maximum atomic E-state index is 4.19. The molecule has 1 atom stereocenters. The van der Waals surface area contributed by atoms with Gasteiger partial charge in [-0.3, -0.25) is 4.99 Å². The van der Waals surface area contributed by atoms with E-state index in [9.17, 15) is 0 Å². The van der Waals surface area contributed by atoms with Crippen LogP contribution in [0.5, 0.6) is 0 Å². The molecule has 0 amide bonds. The molecular weight excluding hydrogens is 158 g/mol. The molecule has 0 bridgehead atoms. The van der Waals surface area contributed by atoms with Crippen LogP contribution in [0.4, 0.5) is 0 Å². The maximum Gasteiger partial charge on any atom is 0.0576 e. The summed E-state index contributed by atoms with van der Waals surface area (Å²) in [6, 6.07) is 10.5. The Labute approximate surface area is 78.8 Å². The number of allylic oxidation sites excluding steroid dienone is 1. The van der Waals surface area contributed by atoms with E-state index < -0.39 is 0 Å². The Hall–Kier alpha value is -1.37. The second kappa shape index (κ2) is 3.56. The highest BCUT2D eigenvalue weighted by atomic mass is 14.7. The van der Waals surface area contributed by atoms with Gasteiger partial charge in [-0.2, -0.15) is 0 Å². The molecule has 1 nitrogen and oxygen atoms in total. The van der Waals surface area contributed by atoms with E-state index in [4.69, 9.17) is 0 Å². The van der Waals surface area contributed by atoms with Gasteiger partial charge in [0.25, 0.3) is 0 Å². The predicted molar refractivity (Wildman–Crippen MR) is 56.3 cm³/mol. The summed E-state index contributed by atoms with van der Waals surface area (Å²) >= 11 is 0. The van der Waals surface area contributed by atoms with Crippen molar-refractivity contribution in [2.45, 2.75) is 12.8 Å². The van der Waals surface area contributed by atoms with E-state index in [0.29, 0.717) is 5.92 Å². The SMILES string of the molecule is CC(C1=CCN=C1)c1ccccc1. The number of aliphatic imine (C=N–C) groups is 1. The molecule has 0 N–H and O–H groups in total. The topological polar surface area (TPSA) is 12.4 Å². The van der Waals surface area contributed by atoms with Crippen molar-refractivity contribution in [1.82, 2.24) is 0 Å². The van der Waals surface area contributed by atoms with Crippen molar-refractivity contribution in [2.24, 2.45) is 4.99 Å². The molecule has 1 aromatic rings. The van der Waals surface area contributed by atoms with Crippen molar-refractivity contribution >= 4 is 6.21 Å². The second-order valence-electron chi connectivity index (χ2n) is 3.33. The van der Waals surface area contributed by atoms with Crippen molar-refractivity contribution in [1.29, 1.82) is 0 Å². The van der Waals surface area contributed by atoms with E-state index in [2.05, 4.69) is 42.3 Å². The summed E-state index contributed by atoms with van der Waals surface area (Å²) in [5.41, 5.74) is 2.70. The minimum absolute atomic E-state index is 0.479. The standard InChI is InChI=1S/C12H13N/c1-10(12-7-8-13-9-12)11-5-3-2-4-6-11/h2-7,9-10H,8H2,1H3. The lowest BCUT2D eigenvalue weighted by atomic mass is 9.94. The van der Waals surface area contributed by atoms with Gasteiger partial charge in [0.1, 0.15) is 0 Å². The molecule has 1 unspecified atom stereocenters. The first kappa shape index (κ1) is 8.24. The van der Waals surface area contributed by atoms with Crippen molar-refractivity contribution in [3.63, 3.8) is 0 Å². The fraction of sp³-hybridized carbons (Fsp3) is 0.250. The minimum atomic E-state index is 0.479. The van der Waals surface area contributed by atoms with E-state index in [-0.39, 0.29) is 0 Å². The Bertz CT molecular complexity index is 335. The van der Waals surface area contributed by atoms with Gasteiger partial charge in [-0.25, -0.2) is 0 Å². The molecule has 66 valence electrons. The Morgan fingerprint density at radius 3 is 2.62 bits per heavy atom. The van der Waals surface area contributed by atoms with Gasteiger partial charge in [-0.05, 0) is 11.1 Å². The van der Waals surface area contributed by atoms with Gasteiger partial charge in [0.05, 0.1) is 6.54 Å². The van der Waals surface area contributed by atoms with E-state index in [0.717, 1.165) is 6.54 Å². The number of hydrogen-bond acceptors (Lipinski definition) is 1. The molecular formula is C12H13N. The second-order valence-corrected chi connectivity index (χ2v) is 3.33. The van der Waals surface area contributed by atoms with Crippen LogP contribution in [-0.4, -0.2) is 12.8 Å². The quantitative estimate of drug-likeness (QED) is 0.648. The van der Waals surface area contributed by atoms with Crippen LogP contribution in [0.15, 0.2) is 47.0 Å². The Morgan fingerprint density at radius 2 is 2.00 bits per heavy atom. The normalized spacial score (nSPS) is 17.2. The smallest absolute Gasteiger partial charge is 0.0576 e. The first-order valence-electron chi connectivity index (χ1n) is 4.63. The minimum Gasteiger partial charge on any atom is -0.289 e. The summed E-state index contributed by atoms with van der Waals surface area (Å²) in [6.45, 7) is 3.07. The molecule has 0 saturated carbocycles. The summed E-state index contributed by atoms with van der Waals surface area (Å²) in [5.74, 6) is 0.479. The summed E-state index contributed by atoms with van der Waals surface area (Å²) < 4.78 is 0. The van der Waals surface area contributed by atoms with E-state index in [1.807, 2.05) is 12.3 Å². The first-order chi connectivity index (χ1) is 6.38. The summed E-state index contributed by atoms with van der Waals surface area (Å²) in [6.07, 6.45) is 4.18. The predicted octanol–water partition coefficient (Wildman–Crippen LogP) is 2.80. The lowest BCUT2D eigenvalue weighted by Gasteiger charge is -2.10. The molecule has 1 heterocycles. The molecule has 0 saturated heterocycles. The zero-order valence-corrected chi connectivity index (χ0v) is 7.77. The van der Waals surface area contributed by atoms with Gasteiger partial charge in [0.2, 0.25) is 0 Å². The molecule has 0 aliphatic carbocycles. The van der Waals surface area contributed by atoms with E-state index in [1.165, 1.54) is 11.1 Å². The van der Waals surface area contributed by atoms with Crippen molar-refractivity contribution in [3.05, 3.63) is 47.5 Å². The highest BCUT2D eigenvalue weighted by Crippen LogP contribution is 2.23. The molecule has 0 radical (unpaired) electrons. The summed E-state index contributed by atoms with van der Waals surface area (Å²) in [5, 5.41) is 0. The van der Waals surface area contributed by atoms with E-state index >= 15 is 0 Å². The van der Waals surface area contributed by atoms with Gasteiger partial charge < -0.3 is 0 Å². The van der Waals surface area contributed by atoms with Gasteiger partial charge in [0.15, 0.2) is 0 Å². The van der Waals surface area contributed by atoms with Gasteiger partial charge in [-0.1, -0.05) is 43.3 Å². The van der Waals surface area contributed by atoms with Crippen LogP contribution < -0.4 is 0 Å². The average molecular weight is 171 g/mol. The van der Waals surface area contributed by atoms with E-state index in [1.54, 1.807) is 0 Å². The Balaban J connectivity index is 2.22. The maximum absolute atomic E-state index is 4.19. The lowest BCUT2D eigenvalue weighted by molar-refractivity contribution is 0.941. The molecule has 1 heteroatoms. The molecule has 0 fully saturated rings. The molecule has 1 aliphatic rings. The first-order valence-corrected chi connectivity index (χ1v) is 4.63. The third-order valence-electron chi connectivity index (χ3n) is 2.47. The fourth-order valence-electron chi connectivity index (χ4n) is 1.59. The van der Waals surface area contributed by atoms with Crippen molar-refractivity contribution in [3.8, 4) is 0 Å². The third kappa shape index (κ3) is 1.69. The van der Waals surface area contributed by atoms with Gasteiger partial charge >= 0.3 is 0 Å². The van der Waals surface area contributed by atoms with Crippen LogP contribution in [0.2, 0.25) is 0 Å². The van der Waals surface area contributed by atoms with Crippen molar-refractivity contribution in [2.75, 3.05) is 6.54 Å². The molecule has 1 aliphatic heterocycles. The number of rotatable bonds is 2. The van der Waals surface area contributed by atoms with Crippen molar-refractivity contribution < 1.29 is 0 Å². The summed E-state index contributed by atoms with van der Waals surface area (Å²) in [7, 11) is 0. The van der Waals surface area contributed by atoms with Gasteiger partial charge in [-0.15, -0.1) is 0 Å². The van der Waals surface area contributed by atoms with Crippen LogP contribution in [0, 0.1) is 0 Å². The average Bonchev–Trinajstić information content (AvgIpc) is 2.71. The highest BCUT2D eigenvalue weighted by molar-refractivity contribution is 5.82. The number of hydrogen-bond donors (Lipinski definition) is 0. The number of benzene rings is 1. The Morgan fingerprint density at radius 1 is 1.23 bits per heavy atom. The molecule has 2 rings (SSSR count). The monoisotopic (exact) mass is 171 g/mol. The molecule has 1 aromatic carbocycles. The number of nitrogens with zero attached hydrogens (tertiary/aromatic N) is 1. The lowest BCUT2D eigenvalue weighted by Crippen LogP contribution is -1.96. The van der Waals surface area contributed by atoms with Crippen LogP contribution in [0.1, 0.15) is 18.4 Å². The molecule has 0 aromatic heterocycles. The van der Waals surface area contributed by atoms with Crippen LogP contribution in [-0.2, 0) is 0 Å². The Kier molecular flexibility index (Phi) is 2.26.